The monoisotopic (exact) mass is 1350 g/mol. The molecule has 0 radical (unpaired) electrons. The van der Waals surface area contributed by atoms with Crippen LogP contribution >= 0.6 is 25.3 Å². The summed E-state index contributed by atoms with van der Waals surface area (Å²) in [5, 5.41) is 47.1. The van der Waals surface area contributed by atoms with Crippen LogP contribution in [0.25, 0.3) is 0 Å². The molecule has 518 valence electrons. The second-order valence-corrected chi connectivity index (χ2v) is 25.3. The van der Waals surface area contributed by atoms with Gasteiger partial charge in [0.05, 0.1) is 6.04 Å². The van der Waals surface area contributed by atoms with Crippen molar-refractivity contribution in [3.05, 3.63) is 65.7 Å². The number of carbonyl (C=O) groups excluding carboxylic acids is 11. The van der Waals surface area contributed by atoms with E-state index in [1.54, 1.807) is 44.2 Å². The number of hydrogen-bond acceptors (Lipinski definition) is 17. The lowest BCUT2D eigenvalue weighted by atomic mass is 9.96. The van der Waals surface area contributed by atoms with Gasteiger partial charge in [-0.2, -0.15) is 25.3 Å². The molecule has 13 atom stereocenters. The Hall–Kier alpha value is -8.19. The van der Waals surface area contributed by atoms with Gasteiger partial charge in [0.25, 0.3) is 0 Å². The molecule has 16 N–H and O–H groups in total. The number of rotatable bonds is 35. The van der Waals surface area contributed by atoms with Crippen molar-refractivity contribution >= 4 is 102 Å². The van der Waals surface area contributed by atoms with Crippen LogP contribution < -0.4 is 64.6 Å². The van der Waals surface area contributed by atoms with Crippen LogP contribution in [0, 0.1) is 11.8 Å². The fourth-order valence-electron chi connectivity index (χ4n) is 11.3. The highest BCUT2D eigenvalue weighted by atomic mass is 32.1. The fraction of sp³-hybridized carbons (Fsp3) is 0.603. The molecule has 0 spiro atoms. The van der Waals surface area contributed by atoms with Crippen molar-refractivity contribution in [1.82, 2.24) is 63.0 Å². The van der Waals surface area contributed by atoms with Crippen LogP contribution in [0.2, 0.25) is 0 Å². The summed E-state index contributed by atoms with van der Waals surface area (Å²) in [6.07, 6.45) is 3.20. The van der Waals surface area contributed by atoms with Crippen LogP contribution in [0.4, 0.5) is 0 Å². The molecule has 2 aromatic carbocycles. The highest BCUT2D eigenvalue weighted by molar-refractivity contribution is 7.80. The topological polar surface area (TPSA) is 436 Å². The van der Waals surface area contributed by atoms with Crippen molar-refractivity contribution in [2.45, 2.75) is 191 Å². The van der Waals surface area contributed by atoms with Gasteiger partial charge in [-0.05, 0) is 113 Å². The Balaban J connectivity index is 1.29. The normalized spacial score (nSPS) is 19.2. The molecule has 5 rings (SSSR count). The average Bonchev–Trinajstić information content (AvgIpc) is 1.60. The number of carbonyl (C=O) groups is 12. The van der Waals surface area contributed by atoms with E-state index >= 15 is 0 Å². The number of benzene rings is 2. The molecule has 3 aliphatic heterocycles. The van der Waals surface area contributed by atoms with Gasteiger partial charge in [-0.15, -0.1) is 0 Å². The zero-order valence-electron chi connectivity index (χ0n) is 54.2. The Labute approximate surface area is 559 Å². The molecule has 0 saturated carbocycles. The molecule has 3 aliphatic rings. The highest BCUT2D eigenvalue weighted by Gasteiger charge is 2.43. The summed E-state index contributed by atoms with van der Waals surface area (Å²) in [7, 11) is 0. The van der Waals surface area contributed by atoms with E-state index < -0.39 is 149 Å². The quantitative estimate of drug-likeness (QED) is 0.0160. The highest BCUT2D eigenvalue weighted by Crippen LogP contribution is 2.24. The summed E-state index contributed by atoms with van der Waals surface area (Å²) in [4.78, 5) is 173. The number of phenols is 1. The summed E-state index contributed by atoms with van der Waals surface area (Å²) in [5.41, 5.74) is 12.2. The van der Waals surface area contributed by atoms with Gasteiger partial charge >= 0.3 is 5.97 Å². The van der Waals surface area contributed by atoms with Gasteiger partial charge in [0.2, 0.25) is 65.0 Å². The van der Waals surface area contributed by atoms with E-state index in [4.69, 9.17) is 11.5 Å². The third-order valence-corrected chi connectivity index (χ3v) is 17.5. The van der Waals surface area contributed by atoms with Gasteiger partial charge in [-0.25, -0.2) is 4.79 Å². The molecule has 94 heavy (non-hydrogen) atoms. The minimum Gasteiger partial charge on any atom is -0.508 e. The van der Waals surface area contributed by atoms with E-state index in [0.29, 0.717) is 43.4 Å². The largest absolute Gasteiger partial charge is 0.508 e. The molecular weight excluding hydrogens is 1250 g/mol. The van der Waals surface area contributed by atoms with Crippen LogP contribution in [0.1, 0.15) is 117 Å². The standard InChI is InChI=1S/C63H95N15O14S2/c1-7-35(4)50(59(88)69-37(6)51(80)70-42(18-12-26-67-63(64)65)60(89)77-27-13-19-48(77)58(87)73-45(29-34(2)3)61(90)78-28-14-20-49(78)62(91)92)76-55(84)44(31-39-21-23-40(79)24-22-39)71-52(81)36(5)68-54(83)43(30-38-15-9-8-10-16-38)72-56(85)46(32-93)75-57(86)47(33-94)74-53(82)41-17-11-25-66-41/h8-10,15-16,21-24,34-37,41-50,66,79,93-94H,7,11-14,17-20,25-33H2,1-6H3,(H,68,83)(H,69,88)(H,70,80)(H,71,81)(H,72,85)(H,73,87)(H,74,82)(H,75,86)(H,76,84)(H,91,92)(H4,64,65,67). The number of guanidine groups is 1. The second-order valence-electron chi connectivity index (χ2n) is 24.6. The third-order valence-electron chi connectivity index (χ3n) is 16.8. The summed E-state index contributed by atoms with van der Waals surface area (Å²) in [6, 6.07) is 0.303. The van der Waals surface area contributed by atoms with Gasteiger partial charge in [0.15, 0.2) is 5.96 Å². The van der Waals surface area contributed by atoms with E-state index in [1.165, 1.54) is 47.9 Å². The van der Waals surface area contributed by atoms with E-state index in [2.05, 4.69) is 83.4 Å². The Bertz CT molecular complexity index is 2990. The number of phenolic OH excluding ortho intramolecular Hbond substituents is 1. The number of thiol groups is 2. The Morgan fingerprint density at radius 3 is 1.61 bits per heavy atom. The van der Waals surface area contributed by atoms with Gasteiger partial charge in [-0.3, -0.25) is 57.7 Å². The van der Waals surface area contributed by atoms with Crippen LogP contribution in [-0.4, -0.2) is 207 Å². The summed E-state index contributed by atoms with van der Waals surface area (Å²) in [5.74, 6) is -10.2. The molecule has 11 amide bonds. The van der Waals surface area contributed by atoms with Crippen LogP contribution in [0.3, 0.4) is 0 Å². The van der Waals surface area contributed by atoms with E-state index in [-0.39, 0.29) is 93.7 Å². The van der Waals surface area contributed by atoms with Crippen LogP contribution in [-0.2, 0) is 70.4 Å². The molecule has 31 heteroatoms. The first-order valence-corrected chi connectivity index (χ1v) is 33.3. The molecule has 0 aromatic heterocycles. The van der Waals surface area contributed by atoms with Gasteiger partial charge in [0.1, 0.15) is 72.2 Å². The first-order valence-electron chi connectivity index (χ1n) is 32.1. The van der Waals surface area contributed by atoms with Crippen LogP contribution in [0.15, 0.2) is 59.6 Å². The zero-order chi connectivity index (χ0) is 69.3. The van der Waals surface area contributed by atoms with Crippen molar-refractivity contribution < 1.29 is 67.7 Å². The van der Waals surface area contributed by atoms with Crippen molar-refractivity contribution in [3.8, 4) is 5.75 Å². The lowest BCUT2D eigenvalue weighted by Crippen LogP contribution is -2.61. The van der Waals surface area contributed by atoms with Gasteiger partial charge < -0.3 is 84.6 Å². The SMILES string of the molecule is CCC(C)C(NC(=O)C(Cc1ccc(O)cc1)NC(=O)C(C)NC(=O)C(Cc1ccccc1)NC(=O)C(CS)NC(=O)C(CS)NC(=O)C1CCCN1)C(=O)NC(C)C(=O)NC(CCCN=C(N)N)C(=O)N1CCCC1C(=O)NC(CC(C)C)C(=O)N1CCCC1C(=O)O. The van der Waals surface area contributed by atoms with Gasteiger partial charge in [-0.1, -0.05) is 76.6 Å². The zero-order valence-corrected chi connectivity index (χ0v) is 56.0. The predicted octanol–water partition coefficient (Wildman–Crippen LogP) is -1.60. The number of hydrogen-bond donors (Lipinski definition) is 16. The number of aliphatic imine (C=N–C) groups is 1. The van der Waals surface area contributed by atoms with Gasteiger partial charge in [0, 0.05) is 44.0 Å². The van der Waals surface area contributed by atoms with Crippen molar-refractivity contribution in [1.29, 1.82) is 0 Å². The van der Waals surface area contributed by atoms with Crippen molar-refractivity contribution in [2.75, 3.05) is 37.7 Å². The number of nitrogens with zero attached hydrogens (tertiary/aromatic N) is 3. The number of aliphatic carboxylic acids is 1. The number of aromatic hydroxyl groups is 1. The minimum atomic E-state index is -1.44. The molecular formula is C63H95N15O14S2. The lowest BCUT2D eigenvalue weighted by molar-refractivity contribution is -0.150. The molecule has 0 aliphatic carbocycles. The Morgan fingerprint density at radius 2 is 1.06 bits per heavy atom. The predicted molar refractivity (Wildman–Crippen MR) is 355 cm³/mol. The molecule has 3 fully saturated rings. The van der Waals surface area contributed by atoms with E-state index in [9.17, 15) is 67.7 Å². The lowest BCUT2D eigenvalue weighted by Gasteiger charge is -2.32. The number of likely N-dealkylation sites (tertiary alicyclic amines) is 2. The number of carboxylic acid groups (broad SMARTS) is 1. The molecule has 0 bridgehead atoms. The maximum atomic E-state index is 14.6. The number of nitrogens with one attached hydrogen (secondary N) is 10. The van der Waals surface area contributed by atoms with E-state index in [1.807, 2.05) is 13.8 Å². The summed E-state index contributed by atoms with van der Waals surface area (Å²) >= 11 is 8.53. The van der Waals surface area contributed by atoms with Crippen molar-refractivity contribution in [2.24, 2.45) is 28.3 Å². The number of amides is 11. The molecule has 3 heterocycles. The van der Waals surface area contributed by atoms with E-state index in [0.717, 1.165) is 6.42 Å². The van der Waals surface area contributed by atoms with Crippen molar-refractivity contribution in [3.63, 3.8) is 0 Å². The molecule has 3 saturated heterocycles. The maximum Gasteiger partial charge on any atom is 0.326 e. The summed E-state index contributed by atoms with van der Waals surface area (Å²) in [6.45, 7) is 10.9. The summed E-state index contributed by atoms with van der Waals surface area (Å²) < 4.78 is 0. The fourth-order valence-corrected chi connectivity index (χ4v) is 11.8. The first-order chi connectivity index (χ1) is 44.7. The molecule has 29 nitrogen and oxygen atoms in total. The Kier molecular flexibility index (Phi) is 30.6. The molecule has 13 unspecified atom stereocenters. The molecule has 2 aromatic rings. The number of carboxylic acids is 1. The van der Waals surface area contributed by atoms with Crippen LogP contribution in [0.5, 0.6) is 5.75 Å². The smallest absolute Gasteiger partial charge is 0.326 e. The first kappa shape index (κ1) is 76.5. The minimum absolute atomic E-state index is 0.0163. The number of nitrogens with two attached hydrogens (primary N) is 2. The third kappa shape index (κ3) is 23.1. The maximum absolute atomic E-state index is 14.6. The Morgan fingerprint density at radius 1 is 0.574 bits per heavy atom. The second kappa shape index (κ2) is 37.6. The average molecular weight is 1350 g/mol.